The lowest BCUT2D eigenvalue weighted by Crippen LogP contribution is -2.49. The topological polar surface area (TPSA) is 118 Å². The minimum atomic E-state index is -4.69. The maximum absolute atomic E-state index is 13.0. The maximum Gasteiger partial charge on any atom is 0.433 e. The largest absolute Gasteiger partial charge is 0.433 e. The summed E-state index contributed by atoms with van der Waals surface area (Å²) >= 11 is 0. The summed E-state index contributed by atoms with van der Waals surface area (Å²) in [4.78, 5) is 30.8. The molecule has 1 saturated heterocycles. The summed E-state index contributed by atoms with van der Waals surface area (Å²) in [6.45, 7) is 4.19. The Balaban J connectivity index is 0.00000336. The highest BCUT2D eigenvalue weighted by molar-refractivity contribution is 6.10. The first-order valence-corrected chi connectivity index (χ1v) is 12.3. The van der Waals surface area contributed by atoms with E-state index in [4.69, 9.17) is 5.73 Å². The predicted octanol–water partition coefficient (Wildman–Crippen LogP) is 3.61. The van der Waals surface area contributed by atoms with Gasteiger partial charge in [0.25, 0.3) is 11.8 Å². The van der Waals surface area contributed by atoms with Crippen LogP contribution in [0, 0.1) is 0 Å². The molecule has 9 nitrogen and oxygen atoms in total. The summed E-state index contributed by atoms with van der Waals surface area (Å²) in [7, 11) is 0. The number of hydrogen-bond donors (Lipinski definition) is 3. The van der Waals surface area contributed by atoms with Gasteiger partial charge in [-0.15, -0.1) is 12.4 Å². The van der Waals surface area contributed by atoms with Crippen molar-refractivity contribution in [3.05, 3.63) is 53.5 Å². The smallest absolute Gasteiger partial charge is 0.366 e. The number of piperazine rings is 1. The van der Waals surface area contributed by atoms with E-state index in [1.165, 1.54) is 12.1 Å². The Morgan fingerprint density at radius 1 is 1.05 bits per heavy atom. The van der Waals surface area contributed by atoms with Gasteiger partial charge in [-0.1, -0.05) is 6.07 Å². The molecule has 1 aromatic carbocycles. The van der Waals surface area contributed by atoms with Gasteiger partial charge in [0.05, 0.1) is 22.8 Å². The zero-order chi connectivity index (χ0) is 26.2. The minimum absolute atomic E-state index is 0. The molecule has 0 unspecified atom stereocenters. The van der Waals surface area contributed by atoms with Crippen molar-refractivity contribution in [1.29, 1.82) is 0 Å². The second kappa shape index (κ2) is 11.3. The summed E-state index contributed by atoms with van der Waals surface area (Å²) in [5.74, 6) is -1.67. The molecule has 3 aromatic rings. The number of nitrogens with zero attached hydrogens (tertiary/aromatic N) is 4. The molecule has 2 fully saturated rings. The van der Waals surface area contributed by atoms with Gasteiger partial charge < -0.3 is 16.4 Å². The van der Waals surface area contributed by atoms with Crippen LogP contribution in [0.15, 0.2) is 36.5 Å². The van der Waals surface area contributed by atoms with Crippen molar-refractivity contribution >= 4 is 40.8 Å². The summed E-state index contributed by atoms with van der Waals surface area (Å²) in [5, 5.41) is 11.2. The first kappa shape index (κ1) is 27.8. The molecular formula is C25H29ClF3N7O2. The minimum Gasteiger partial charge on any atom is -0.366 e. The van der Waals surface area contributed by atoms with Gasteiger partial charge in [-0.25, -0.2) is 4.98 Å². The number of anilines is 1. The van der Waals surface area contributed by atoms with E-state index in [1.54, 1.807) is 6.07 Å². The van der Waals surface area contributed by atoms with E-state index in [1.807, 2.05) is 10.9 Å². The molecule has 13 heteroatoms. The van der Waals surface area contributed by atoms with Gasteiger partial charge in [-0.2, -0.15) is 18.3 Å². The molecule has 0 radical (unpaired) electrons. The van der Waals surface area contributed by atoms with Gasteiger partial charge >= 0.3 is 6.18 Å². The van der Waals surface area contributed by atoms with Crippen molar-refractivity contribution in [1.82, 2.24) is 25.0 Å². The van der Waals surface area contributed by atoms with Crippen molar-refractivity contribution in [2.45, 2.75) is 43.9 Å². The molecule has 1 aliphatic carbocycles. The van der Waals surface area contributed by atoms with Gasteiger partial charge in [0, 0.05) is 43.8 Å². The number of amides is 2. The molecule has 0 bridgehead atoms. The Morgan fingerprint density at radius 3 is 2.39 bits per heavy atom. The molecule has 2 aromatic heterocycles. The van der Waals surface area contributed by atoms with Crippen LogP contribution in [0.5, 0.6) is 0 Å². The maximum atomic E-state index is 13.0. The number of benzene rings is 1. The summed E-state index contributed by atoms with van der Waals surface area (Å²) in [6.07, 6.45) is 1.31. The van der Waals surface area contributed by atoms with Crippen LogP contribution in [0.1, 0.15) is 58.3 Å². The fraction of sp³-hybridized carbons (Fsp3) is 0.440. The van der Waals surface area contributed by atoms with Gasteiger partial charge in [-0.3, -0.25) is 19.2 Å². The van der Waals surface area contributed by atoms with Crippen LogP contribution in [-0.4, -0.2) is 63.7 Å². The highest BCUT2D eigenvalue weighted by Crippen LogP contribution is 2.33. The van der Waals surface area contributed by atoms with E-state index >= 15 is 0 Å². The van der Waals surface area contributed by atoms with Gasteiger partial charge in [-0.05, 0) is 49.9 Å². The molecule has 4 N–H and O–H groups in total. The van der Waals surface area contributed by atoms with Crippen LogP contribution in [-0.2, 0) is 6.18 Å². The fourth-order valence-electron chi connectivity index (χ4n) is 5.23. The number of nitrogens with two attached hydrogens (primary N) is 1. The monoisotopic (exact) mass is 551 g/mol. The van der Waals surface area contributed by atoms with Crippen LogP contribution in [0.3, 0.4) is 0 Å². The number of rotatable bonds is 5. The summed E-state index contributed by atoms with van der Waals surface area (Å²) in [6, 6.07) is 6.91. The normalized spacial score (nSPS) is 20.6. The van der Waals surface area contributed by atoms with Crippen LogP contribution >= 0.6 is 12.4 Å². The van der Waals surface area contributed by atoms with Crippen molar-refractivity contribution in [3.63, 3.8) is 0 Å². The molecule has 5 rings (SSSR count). The van der Waals surface area contributed by atoms with E-state index < -0.39 is 29.4 Å². The van der Waals surface area contributed by atoms with Crippen LogP contribution in [0.25, 0.3) is 10.9 Å². The van der Waals surface area contributed by atoms with Gasteiger partial charge in [0.2, 0.25) is 0 Å². The molecule has 2 amide bonds. The lowest BCUT2D eigenvalue weighted by Gasteiger charge is -2.39. The highest BCUT2D eigenvalue weighted by atomic mass is 35.5. The van der Waals surface area contributed by atoms with E-state index in [9.17, 15) is 22.8 Å². The Labute approximate surface area is 223 Å². The lowest BCUT2D eigenvalue weighted by molar-refractivity contribution is -0.141. The van der Waals surface area contributed by atoms with Crippen molar-refractivity contribution in [2.75, 3.05) is 31.5 Å². The molecule has 3 heterocycles. The molecule has 0 spiro atoms. The summed E-state index contributed by atoms with van der Waals surface area (Å²) < 4.78 is 40.9. The number of carbonyl (C=O) groups excluding carboxylic acids is 2. The van der Waals surface area contributed by atoms with Crippen molar-refractivity contribution in [2.24, 2.45) is 5.73 Å². The molecule has 38 heavy (non-hydrogen) atoms. The zero-order valence-corrected chi connectivity index (χ0v) is 21.3. The highest BCUT2D eigenvalue weighted by Gasteiger charge is 2.33. The number of halogens is 4. The van der Waals surface area contributed by atoms with Crippen LogP contribution in [0.2, 0.25) is 0 Å². The molecular weight excluding hydrogens is 523 g/mol. The first-order chi connectivity index (χ1) is 17.7. The second-order valence-electron chi connectivity index (χ2n) is 9.54. The molecule has 1 saturated carbocycles. The number of alkyl halides is 3. The van der Waals surface area contributed by atoms with Crippen LogP contribution < -0.4 is 16.4 Å². The van der Waals surface area contributed by atoms with E-state index in [-0.39, 0.29) is 29.7 Å². The number of pyridine rings is 1. The lowest BCUT2D eigenvalue weighted by atomic mass is 9.90. The Hall–Kier alpha value is -3.22. The second-order valence-corrected chi connectivity index (χ2v) is 9.54. The number of nitrogens with one attached hydrogen (secondary N) is 2. The van der Waals surface area contributed by atoms with E-state index in [0.29, 0.717) is 16.9 Å². The third kappa shape index (κ3) is 5.92. The molecule has 1 aliphatic heterocycles. The third-order valence-electron chi connectivity index (χ3n) is 7.16. The summed E-state index contributed by atoms with van der Waals surface area (Å²) in [5.41, 5.74) is 4.58. The molecule has 204 valence electrons. The number of aromatic nitrogens is 3. The average Bonchev–Trinajstić information content (AvgIpc) is 3.31. The quantitative estimate of drug-likeness (QED) is 0.446. The van der Waals surface area contributed by atoms with Crippen molar-refractivity contribution in [3.8, 4) is 0 Å². The van der Waals surface area contributed by atoms with E-state index in [0.717, 1.165) is 64.0 Å². The zero-order valence-electron chi connectivity index (χ0n) is 20.5. The first-order valence-electron chi connectivity index (χ1n) is 12.3. The molecule has 0 atom stereocenters. The SMILES string of the molecule is Cl.NC(=O)c1cc2nn(C3CCC(N4CCNCC4)CC3)cc2cc1NC(=O)c1cccc(C(F)(F)F)n1. The third-order valence-corrected chi connectivity index (χ3v) is 7.16. The Kier molecular flexibility index (Phi) is 8.24. The number of hydrogen-bond acceptors (Lipinski definition) is 6. The van der Waals surface area contributed by atoms with E-state index in [2.05, 4.69) is 25.6 Å². The van der Waals surface area contributed by atoms with Gasteiger partial charge in [0.1, 0.15) is 11.4 Å². The standard InChI is InChI=1S/C25H28F3N7O2.ClH/c26-25(27,28)22-3-1-2-19(31-22)24(37)32-21-12-15-14-35(33-20(15)13-18(21)23(29)36)17-6-4-16(5-7-17)34-10-8-30-9-11-34;/h1-3,12-14,16-17,30H,4-11H2,(H2,29,36)(H,32,37);1H. The molecule has 2 aliphatic rings. The predicted molar refractivity (Wildman–Crippen MR) is 138 cm³/mol. The van der Waals surface area contributed by atoms with Crippen LogP contribution in [0.4, 0.5) is 18.9 Å². The number of carbonyl (C=O) groups is 2. The fourth-order valence-corrected chi connectivity index (χ4v) is 5.23. The number of fused-ring (bicyclic) bond motifs is 1. The Morgan fingerprint density at radius 2 is 1.74 bits per heavy atom. The Bertz CT molecular complexity index is 1320. The average molecular weight is 552 g/mol. The number of primary amides is 1. The van der Waals surface area contributed by atoms with Crippen molar-refractivity contribution < 1.29 is 22.8 Å². The van der Waals surface area contributed by atoms with Gasteiger partial charge in [0.15, 0.2) is 0 Å².